The van der Waals surface area contributed by atoms with Gasteiger partial charge in [-0.1, -0.05) is 18.2 Å². The summed E-state index contributed by atoms with van der Waals surface area (Å²) in [6.07, 6.45) is 2.91. The Hall–Kier alpha value is -3.35. The number of aromatic nitrogens is 2. The molecule has 28 heavy (non-hydrogen) atoms. The van der Waals surface area contributed by atoms with E-state index in [0.717, 1.165) is 11.4 Å². The molecule has 1 fully saturated rings. The molecule has 0 saturated carbocycles. The Morgan fingerprint density at radius 1 is 1.11 bits per heavy atom. The summed E-state index contributed by atoms with van der Waals surface area (Å²) in [7, 11) is 0. The summed E-state index contributed by atoms with van der Waals surface area (Å²) < 4.78 is 6.94. The fourth-order valence-corrected chi connectivity index (χ4v) is 3.46. The topological polar surface area (TPSA) is 80.4 Å². The molecule has 0 spiro atoms. The summed E-state index contributed by atoms with van der Waals surface area (Å²) in [5, 5.41) is 7.50. The Kier molecular flexibility index (Phi) is 4.97. The van der Waals surface area contributed by atoms with Gasteiger partial charge in [-0.2, -0.15) is 5.10 Å². The van der Waals surface area contributed by atoms with Crippen molar-refractivity contribution in [2.75, 3.05) is 13.1 Å². The Morgan fingerprint density at radius 2 is 1.86 bits per heavy atom. The Labute approximate surface area is 162 Å². The van der Waals surface area contributed by atoms with E-state index in [1.54, 1.807) is 27.8 Å². The van der Waals surface area contributed by atoms with Crippen LogP contribution in [-0.4, -0.2) is 45.6 Å². The highest BCUT2D eigenvalue weighted by Gasteiger charge is 2.26. The molecule has 3 heterocycles. The van der Waals surface area contributed by atoms with Crippen LogP contribution in [0.15, 0.2) is 59.2 Å². The van der Waals surface area contributed by atoms with Gasteiger partial charge in [-0.25, -0.2) is 4.68 Å². The maximum absolute atomic E-state index is 12.6. The number of hydrogen-bond acceptors (Lipinski definition) is 4. The molecule has 7 heteroatoms. The minimum Gasteiger partial charge on any atom is -0.459 e. The van der Waals surface area contributed by atoms with Gasteiger partial charge in [0, 0.05) is 24.8 Å². The van der Waals surface area contributed by atoms with Crippen LogP contribution >= 0.6 is 0 Å². The number of para-hydroxylation sites is 1. The van der Waals surface area contributed by atoms with Crippen molar-refractivity contribution in [3.63, 3.8) is 0 Å². The first-order chi connectivity index (χ1) is 13.6. The summed E-state index contributed by atoms with van der Waals surface area (Å²) in [6.45, 7) is 3.10. The van der Waals surface area contributed by atoms with Crippen LogP contribution in [0.2, 0.25) is 0 Å². The van der Waals surface area contributed by atoms with Gasteiger partial charge in [0.2, 0.25) is 0 Å². The van der Waals surface area contributed by atoms with E-state index in [9.17, 15) is 9.59 Å². The number of carbonyl (C=O) groups excluding carboxylic acids is 2. The SMILES string of the molecule is Cc1cc(C(=O)NC2CCN(C(=O)c3ccco3)CC2)nn1-c1ccccc1. The van der Waals surface area contributed by atoms with E-state index in [1.807, 2.05) is 37.3 Å². The molecular formula is C21H22N4O3. The van der Waals surface area contributed by atoms with Crippen LogP contribution in [-0.2, 0) is 0 Å². The van der Waals surface area contributed by atoms with Crippen LogP contribution in [0.3, 0.4) is 0 Å². The molecule has 0 unspecified atom stereocenters. The van der Waals surface area contributed by atoms with Gasteiger partial charge in [-0.3, -0.25) is 9.59 Å². The molecule has 0 atom stereocenters. The van der Waals surface area contributed by atoms with Crippen LogP contribution in [0.5, 0.6) is 0 Å². The smallest absolute Gasteiger partial charge is 0.289 e. The summed E-state index contributed by atoms with van der Waals surface area (Å²) in [5.74, 6) is 0.0602. The first kappa shape index (κ1) is 18.0. The van der Waals surface area contributed by atoms with Gasteiger partial charge >= 0.3 is 0 Å². The van der Waals surface area contributed by atoms with Crippen molar-refractivity contribution in [2.24, 2.45) is 0 Å². The molecule has 7 nitrogen and oxygen atoms in total. The predicted molar refractivity (Wildman–Crippen MR) is 103 cm³/mol. The number of aryl methyl sites for hydroxylation is 1. The highest BCUT2D eigenvalue weighted by atomic mass is 16.3. The number of nitrogens with one attached hydrogen (secondary N) is 1. The molecule has 1 aliphatic rings. The third kappa shape index (κ3) is 3.69. The van der Waals surface area contributed by atoms with Gasteiger partial charge in [-0.05, 0) is 50.1 Å². The van der Waals surface area contributed by atoms with Crippen LogP contribution in [0.4, 0.5) is 0 Å². The number of hydrogen-bond donors (Lipinski definition) is 1. The fraction of sp³-hybridized carbons (Fsp3) is 0.286. The zero-order valence-electron chi connectivity index (χ0n) is 15.7. The van der Waals surface area contributed by atoms with E-state index in [4.69, 9.17) is 4.42 Å². The first-order valence-corrected chi connectivity index (χ1v) is 9.37. The molecule has 4 rings (SSSR count). The summed E-state index contributed by atoms with van der Waals surface area (Å²) >= 11 is 0. The van der Waals surface area contributed by atoms with E-state index in [2.05, 4.69) is 10.4 Å². The molecule has 1 saturated heterocycles. The zero-order valence-corrected chi connectivity index (χ0v) is 15.7. The number of amides is 2. The lowest BCUT2D eigenvalue weighted by atomic mass is 10.0. The quantitative estimate of drug-likeness (QED) is 0.757. The van der Waals surface area contributed by atoms with E-state index in [1.165, 1.54) is 6.26 Å². The second-order valence-corrected chi connectivity index (χ2v) is 6.94. The normalized spacial score (nSPS) is 14.8. The van der Waals surface area contributed by atoms with Gasteiger partial charge in [-0.15, -0.1) is 0 Å². The lowest BCUT2D eigenvalue weighted by Gasteiger charge is -2.31. The summed E-state index contributed by atoms with van der Waals surface area (Å²) in [5.41, 5.74) is 2.22. The third-order valence-electron chi connectivity index (χ3n) is 4.97. The number of furan rings is 1. The molecule has 1 aromatic carbocycles. The Balaban J connectivity index is 1.36. The van der Waals surface area contributed by atoms with Crippen molar-refractivity contribution in [3.05, 3.63) is 71.9 Å². The van der Waals surface area contributed by atoms with Crippen LogP contribution in [0.25, 0.3) is 5.69 Å². The maximum Gasteiger partial charge on any atom is 0.289 e. The van der Waals surface area contributed by atoms with E-state index < -0.39 is 0 Å². The Bertz CT molecular complexity index is 955. The number of benzene rings is 1. The van der Waals surface area contributed by atoms with Crippen molar-refractivity contribution in [3.8, 4) is 5.69 Å². The summed E-state index contributed by atoms with van der Waals surface area (Å²) in [6, 6.07) is 14.9. The van der Waals surface area contributed by atoms with Crippen LogP contribution < -0.4 is 5.32 Å². The molecule has 2 aromatic heterocycles. The molecule has 1 aliphatic heterocycles. The number of likely N-dealkylation sites (tertiary alicyclic amines) is 1. The van der Waals surface area contributed by atoms with Crippen LogP contribution in [0.1, 0.15) is 39.6 Å². The van der Waals surface area contributed by atoms with Crippen molar-refractivity contribution in [1.82, 2.24) is 20.0 Å². The number of rotatable bonds is 4. The maximum atomic E-state index is 12.6. The van der Waals surface area contributed by atoms with Gasteiger partial charge < -0.3 is 14.6 Å². The van der Waals surface area contributed by atoms with Crippen molar-refractivity contribution in [2.45, 2.75) is 25.8 Å². The second-order valence-electron chi connectivity index (χ2n) is 6.94. The molecule has 2 amide bonds. The van der Waals surface area contributed by atoms with Gasteiger partial charge in [0.15, 0.2) is 11.5 Å². The lowest BCUT2D eigenvalue weighted by molar-refractivity contribution is 0.0667. The lowest BCUT2D eigenvalue weighted by Crippen LogP contribution is -2.46. The standard InChI is InChI=1S/C21H22N4O3/c1-15-14-18(23-25(15)17-6-3-2-4-7-17)20(26)22-16-9-11-24(12-10-16)21(27)19-8-5-13-28-19/h2-8,13-14,16H,9-12H2,1H3,(H,22,26). The average molecular weight is 378 g/mol. The predicted octanol–water partition coefficient (Wildman–Crippen LogP) is 2.81. The minimum atomic E-state index is -0.186. The fourth-order valence-electron chi connectivity index (χ4n) is 3.46. The van der Waals surface area contributed by atoms with E-state index in [-0.39, 0.29) is 17.9 Å². The monoisotopic (exact) mass is 378 g/mol. The molecule has 0 aliphatic carbocycles. The average Bonchev–Trinajstić information content (AvgIpc) is 3.39. The zero-order chi connectivity index (χ0) is 19.5. The van der Waals surface area contributed by atoms with Gasteiger partial charge in [0.25, 0.3) is 11.8 Å². The molecule has 3 aromatic rings. The number of piperidine rings is 1. The Morgan fingerprint density at radius 3 is 2.54 bits per heavy atom. The molecule has 1 N–H and O–H groups in total. The molecule has 0 radical (unpaired) electrons. The summed E-state index contributed by atoms with van der Waals surface area (Å²) in [4.78, 5) is 26.7. The molecular weight excluding hydrogens is 356 g/mol. The largest absolute Gasteiger partial charge is 0.459 e. The van der Waals surface area contributed by atoms with E-state index >= 15 is 0 Å². The number of nitrogens with zero attached hydrogens (tertiary/aromatic N) is 3. The van der Waals surface area contributed by atoms with Crippen molar-refractivity contribution < 1.29 is 14.0 Å². The molecule has 144 valence electrons. The highest BCUT2D eigenvalue weighted by molar-refractivity contribution is 5.93. The highest BCUT2D eigenvalue weighted by Crippen LogP contribution is 2.16. The van der Waals surface area contributed by atoms with Gasteiger partial charge in [0.05, 0.1) is 12.0 Å². The van der Waals surface area contributed by atoms with Crippen molar-refractivity contribution >= 4 is 11.8 Å². The van der Waals surface area contributed by atoms with Crippen molar-refractivity contribution in [1.29, 1.82) is 0 Å². The van der Waals surface area contributed by atoms with Crippen LogP contribution in [0, 0.1) is 6.92 Å². The molecule has 0 bridgehead atoms. The van der Waals surface area contributed by atoms with Gasteiger partial charge in [0.1, 0.15) is 0 Å². The minimum absolute atomic E-state index is 0.0235. The van der Waals surface area contributed by atoms with E-state index in [0.29, 0.717) is 37.4 Å². The number of carbonyl (C=O) groups is 2. The third-order valence-corrected chi connectivity index (χ3v) is 4.97. The second kappa shape index (κ2) is 7.72. The first-order valence-electron chi connectivity index (χ1n) is 9.37.